The van der Waals surface area contributed by atoms with Crippen LogP contribution in [0.2, 0.25) is 16.6 Å². The molecule has 0 rings (SSSR count). The minimum absolute atomic E-state index is 0. The third kappa shape index (κ3) is 231. The monoisotopic (exact) mass is 294 g/mol. The molecule has 0 aliphatic heterocycles. The second-order valence-electron chi connectivity index (χ2n) is 2.34. The van der Waals surface area contributed by atoms with Gasteiger partial charge in [-0.15, -0.1) is 24.0 Å². The van der Waals surface area contributed by atoms with Gasteiger partial charge in [-0.3, -0.25) is 0 Å². The molecule has 0 aromatic heterocycles. The molecule has 0 unspecified atom stereocenters. The molecule has 0 aliphatic rings. The topological polar surface area (TPSA) is 23.8 Å². The standard InChI is InChI=1S/CH3NSi.3CH3.HI.Zn/c2-1-3;;;;;/h3H3;3*1H3;1H;. The quantitative estimate of drug-likeness (QED) is 0.487. The van der Waals surface area contributed by atoms with Crippen molar-refractivity contribution in [1.29, 1.82) is 5.26 Å². The zero-order valence-electron chi connectivity index (χ0n) is 6.06. The molecule has 47 valence electrons. The van der Waals surface area contributed by atoms with E-state index in [1.165, 1.54) is 0 Å². The van der Waals surface area contributed by atoms with Crippen LogP contribution in [0.15, 0.2) is 0 Å². The molecular formula is C4H13INSiZn. The Hall–Kier alpha value is 1.06. The number of rotatable bonds is 0. The number of nitrogens with zero attached hydrogens (tertiary/aromatic N) is 1. The van der Waals surface area contributed by atoms with Crippen LogP contribution in [-0.2, 0) is 16.0 Å². The number of nitriles is 1. The average molecular weight is 296 g/mol. The van der Waals surface area contributed by atoms with E-state index in [0.717, 1.165) is 0 Å². The van der Waals surface area contributed by atoms with Gasteiger partial charge in [0.05, 0.1) is 0 Å². The van der Waals surface area contributed by atoms with Gasteiger partial charge >= 0.3 is 32.5 Å². The van der Waals surface area contributed by atoms with E-state index >= 15 is 0 Å². The molecule has 0 aromatic carbocycles. The summed E-state index contributed by atoms with van der Waals surface area (Å²) in [6, 6.07) is 0. The minimum atomic E-state index is -0.625. The van der Waals surface area contributed by atoms with Crippen molar-refractivity contribution in [2.24, 2.45) is 0 Å². The van der Waals surface area contributed by atoms with Gasteiger partial charge in [-0.2, -0.15) is 0 Å². The molecule has 0 amide bonds. The summed E-state index contributed by atoms with van der Waals surface area (Å²) in [5, 5.41) is 7.38. The van der Waals surface area contributed by atoms with E-state index in [-0.39, 0.29) is 24.0 Å². The summed E-state index contributed by atoms with van der Waals surface area (Å²) in [6.45, 7) is 0. The Morgan fingerprint density at radius 1 is 1.38 bits per heavy atom. The second kappa shape index (κ2) is 15.7. The first kappa shape index (κ1) is 16.0. The van der Waals surface area contributed by atoms with Crippen molar-refractivity contribution in [3.63, 3.8) is 0 Å². The van der Waals surface area contributed by atoms with Crippen LogP contribution >= 0.6 is 24.0 Å². The zero-order valence-corrected chi connectivity index (χ0v) is 13.4. The molecule has 0 saturated carbocycles. The van der Waals surface area contributed by atoms with Crippen LogP contribution in [0, 0.1) is 11.0 Å². The summed E-state index contributed by atoms with van der Waals surface area (Å²) < 4.78 is 0. The van der Waals surface area contributed by atoms with Crippen LogP contribution in [0.1, 0.15) is 0 Å². The molecule has 0 aliphatic carbocycles. The van der Waals surface area contributed by atoms with E-state index in [2.05, 4.69) is 16.6 Å². The van der Waals surface area contributed by atoms with Gasteiger partial charge in [0.1, 0.15) is 10.2 Å². The van der Waals surface area contributed by atoms with Gasteiger partial charge in [0.15, 0.2) is 0 Å². The molecule has 0 bridgehead atoms. The maximum absolute atomic E-state index is 7.38. The number of hydrogen-bond acceptors (Lipinski definition) is 1. The van der Waals surface area contributed by atoms with Crippen LogP contribution < -0.4 is 0 Å². The Morgan fingerprint density at radius 3 is 1.38 bits per heavy atom. The van der Waals surface area contributed by atoms with E-state index in [9.17, 15) is 0 Å². The molecule has 1 nitrogen and oxygen atoms in total. The van der Waals surface area contributed by atoms with Crippen molar-refractivity contribution in [3.8, 4) is 5.69 Å². The third-order valence-electron chi connectivity index (χ3n) is 0. The molecule has 0 heterocycles. The fraction of sp³-hybridized carbons (Fsp3) is 0.750. The number of halogens is 1. The molecule has 0 aromatic rings. The molecule has 0 atom stereocenters. The van der Waals surface area contributed by atoms with Gasteiger partial charge in [0, 0.05) is 5.69 Å². The van der Waals surface area contributed by atoms with E-state index < -0.39 is 16.0 Å². The number of hydrogen-bond donors (Lipinski definition) is 0. The molecule has 0 N–H and O–H groups in total. The molecule has 4 heteroatoms. The van der Waals surface area contributed by atoms with Crippen LogP contribution in [-0.4, -0.2) is 10.2 Å². The Kier molecular flexibility index (Phi) is 31.4. The Balaban J connectivity index is -0.0000000575. The SMILES string of the molecule is I.N#C[SiH3].[CH3][Zn]([CH3])[CH3]. The van der Waals surface area contributed by atoms with Crippen LogP contribution in [0.4, 0.5) is 0 Å². The van der Waals surface area contributed by atoms with Gasteiger partial charge in [0.25, 0.3) is 0 Å². The molecule has 8 heavy (non-hydrogen) atoms. The van der Waals surface area contributed by atoms with Crippen molar-refractivity contribution < 1.29 is 16.0 Å². The van der Waals surface area contributed by atoms with Crippen LogP contribution in [0.25, 0.3) is 0 Å². The van der Waals surface area contributed by atoms with Crippen molar-refractivity contribution in [2.75, 3.05) is 0 Å². The normalized spacial score (nSPS) is 4.75. The molecule has 0 saturated heterocycles. The molecule has 0 radical (unpaired) electrons. The van der Waals surface area contributed by atoms with Crippen molar-refractivity contribution in [2.45, 2.75) is 16.6 Å². The van der Waals surface area contributed by atoms with Crippen molar-refractivity contribution >= 4 is 34.2 Å². The van der Waals surface area contributed by atoms with Crippen molar-refractivity contribution in [3.05, 3.63) is 0 Å². The second-order valence-corrected chi connectivity index (χ2v) is 11.7. The fourth-order valence-electron chi connectivity index (χ4n) is 0. The first-order valence-electron chi connectivity index (χ1n) is 2.84. The first-order chi connectivity index (χ1) is 3.15. The third-order valence-corrected chi connectivity index (χ3v) is 0. The van der Waals surface area contributed by atoms with Crippen LogP contribution in [0.3, 0.4) is 0 Å². The van der Waals surface area contributed by atoms with Gasteiger partial charge < -0.3 is 0 Å². The summed E-state index contributed by atoms with van der Waals surface area (Å²) >= 11 is -0.625. The molecule has 0 spiro atoms. The van der Waals surface area contributed by atoms with E-state index in [1.807, 2.05) is 5.69 Å². The van der Waals surface area contributed by atoms with E-state index in [4.69, 9.17) is 5.26 Å². The Bertz CT molecular complexity index is 58.8. The summed E-state index contributed by atoms with van der Waals surface area (Å²) in [7, 11) is 0.674. The summed E-state index contributed by atoms with van der Waals surface area (Å²) in [6.07, 6.45) is 0. The molecular weight excluding hydrogens is 282 g/mol. The van der Waals surface area contributed by atoms with Gasteiger partial charge in [-0.05, 0) is 0 Å². The van der Waals surface area contributed by atoms with E-state index in [1.54, 1.807) is 0 Å². The maximum atomic E-state index is 7.38. The van der Waals surface area contributed by atoms with E-state index in [0.29, 0.717) is 10.2 Å². The van der Waals surface area contributed by atoms with Gasteiger partial charge in [-0.25, -0.2) is 5.26 Å². The first-order valence-corrected chi connectivity index (χ1v) is 12.7. The summed E-state index contributed by atoms with van der Waals surface area (Å²) in [5.41, 5.74) is 9.01. The van der Waals surface area contributed by atoms with Crippen molar-refractivity contribution in [1.82, 2.24) is 0 Å². The average Bonchev–Trinajstić information content (AvgIpc) is 1.33. The predicted octanol–water partition coefficient (Wildman–Crippen LogP) is 1.20. The summed E-state index contributed by atoms with van der Waals surface area (Å²) in [4.78, 5) is 0. The molecule has 0 fully saturated rings. The van der Waals surface area contributed by atoms with Gasteiger partial charge in [-0.1, -0.05) is 0 Å². The summed E-state index contributed by atoms with van der Waals surface area (Å²) in [5.74, 6) is 0. The van der Waals surface area contributed by atoms with Gasteiger partial charge in [0.2, 0.25) is 0 Å². The Morgan fingerprint density at radius 2 is 1.38 bits per heavy atom. The predicted molar refractivity (Wildman–Crippen MR) is 48.6 cm³/mol. The Labute approximate surface area is 77.2 Å². The zero-order chi connectivity index (χ0) is 6.28. The van der Waals surface area contributed by atoms with Crippen LogP contribution in [0.5, 0.6) is 0 Å². The fourth-order valence-corrected chi connectivity index (χ4v) is 0.